The predicted molar refractivity (Wildman–Crippen MR) is 95.9 cm³/mol. The zero-order valence-electron chi connectivity index (χ0n) is 13.9. The van der Waals surface area contributed by atoms with E-state index in [9.17, 15) is 10.1 Å². The maximum Gasteiger partial charge on any atom is 0.262 e. The van der Waals surface area contributed by atoms with Crippen LogP contribution in [0.3, 0.4) is 0 Å². The first-order chi connectivity index (χ1) is 11.6. The number of amides is 1. The van der Waals surface area contributed by atoms with Crippen LogP contribution in [0.5, 0.6) is 11.5 Å². The number of carbonyl (C=O) groups is 1. The first-order valence-corrected chi connectivity index (χ1v) is 8.72. The van der Waals surface area contributed by atoms with Gasteiger partial charge in [-0.3, -0.25) is 4.79 Å². The number of rotatable bonds is 5. The molecule has 0 aromatic heterocycles. The third-order valence-electron chi connectivity index (χ3n) is 4.08. The van der Waals surface area contributed by atoms with E-state index < -0.39 is 0 Å². The van der Waals surface area contributed by atoms with Gasteiger partial charge in [0.25, 0.3) is 5.91 Å². The van der Waals surface area contributed by atoms with E-state index in [0.29, 0.717) is 17.1 Å². The van der Waals surface area contributed by atoms with Crippen molar-refractivity contribution in [1.29, 1.82) is 5.26 Å². The summed E-state index contributed by atoms with van der Waals surface area (Å²) < 4.78 is 11.4. The molecule has 0 atom stereocenters. The lowest BCUT2D eigenvalue weighted by Gasteiger charge is -2.22. The summed E-state index contributed by atoms with van der Waals surface area (Å²) in [6, 6.07) is 5.69. The standard InChI is InChI=1S/C18H21BrN2O3/c1-23-16-10-14(19)9-12(17(16)24-2)8-13(11-20)18(22)21-15-6-4-3-5-7-15/h8-10,15H,3-7H2,1-2H3,(H,21,22)/b13-8+. The van der Waals surface area contributed by atoms with Gasteiger partial charge in [-0.15, -0.1) is 0 Å². The lowest BCUT2D eigenvalue weighted by Crippen LogP contribution is -2.36. The summed E-state index contributed by atoms with van der Waals surface area (Å²) in [5.74, 6) is 0.674. The largest absolute Gasteiger partial charge is 0.493 e. The summed E-state index contributed by atoms with van der Waals surface area (Å²) in [5, 5.41) is 12.3. The second-order valence-electron chi connectivity index (χ2n) is 5.71. The molecule has 0 unspecified atom stereocenters. The van der Waals surface area contributed by atoms with Gasteiger partial charge in [0.05, 0.1) is 14.2 Å². The van der Waals surface area contributed by atoms with Gasteiger partial charge in [-0.2, -0.15) is 5.26 Å². The lowest BCUT2D eigenvalue weighted by molar-refractivity contribution is -0.117. The average Bonchev–Trinajstić information content (AvgIpc) is 2.59. The number of nitrogens with one attached hydrogen (secondary N) is 1. The summed E-state index contributed by atoms with van der Waals surface area (Å²) in [6.07, 6.45) is 6.92. The first kappa shape index (κ1) is 18.3. The number of ether oxygens (including phenoxy) is 2. The van der Waals surface area contributed by atoms with Crippen LogP contribution in [0.15, 0.2) is 22.2 Å². The molecule has 5 nitrogen and oxygen atoms in total. The van der Waals surface area contributed by atoms with Crippen molar-refractivity contribution in [2.24, 2.45) is 0 Å². The van der Waals surface area contributed by atoms with Crippen molar-refractivity contribution < 1.29 is 14.3 Å². The molecular weight excluding hydrogens is 372 g/mol. The highest BCUT2D eigenvalue weighted by atomic mass is 79.9. The highest BCUT2D eigenvalue weighted by Crippen LogP contribution is 2.35. The van der Waals surface area contributed by atoms with Crippen molar-refractivity contribution in [3.63, 3.8) is 0 Å². The van der Waals surface area contributed by atoms with Crippen LogP contribution < -0.4 is 14.8 Å². The van der Waals surface area contributed by atoms with E-state index >= 15 is 0 Å². The fourth-order valence-corrected chi connectivity index (χ4v) is 3.33. The second kappa shape index (κ2) is 8.74. The topological polar surface area (TPSA) is 71.3 Å². The third-order valence-corrected chi connectivity index (χ3v) is 4.54. The van der Waals surface area contributed by atoms with Crippen molar-refractivity contribution in [2.75, 3.05) is 14.2 Å². The number of carbonyl (C=O) groups excluding carboxylic acids is 1. The molecule has 0 saturated heterocycles. The molecule has 0 spiro atoms. The summed E-state index contributed by atoms with van der Waals surface area (Å²) in [6.45, 7) is 0. The summed E-state index contributed by atoms with van der Waals surface area (Å²) in [5.41, 5.74) is 0.665. The Balaban J connectivity index is 2.28. The van der Waals surface area contributed by atoms with Crippen molar-refractivity contribution in [1.82, 2.24) is 5.32 Å². The maximum absolute atomic E-state index is 12.4. The Morgan fingerprint density at radius 3 is 2.58 bits per heavy atom. The quantitative estimate of drug-likeness (QED) is 0.610. The van der Waals surface area contributed by atoms with Crippen molar-refractivity contribution in [3.05, 3.63) is 27.7 Å². The van der Waals surface area contributed by atoms with Gasteiger partial charge < -0.3 is 14.8 Å². The minimum atomic E-state index is -0.342. The van der Waals surface area contributed by atoms with E-state index in [2.05, 4.69) is 21.2 Å². The smallest absolute Gasteiger partial charge is 0.262 e. The van der Waals surface area contributed by atoms with Crippen molar-refractivity contribution >= 4 is 27.9 Å². The zero-order chi connectivity index (χ0) is 17.5. The van der Waals surface area contributed by atoms with E-state index in [-0.39, 0.29) is 17.5 Å². The molecule has 1 aliphatic rings. The monoisotopic (exact) mass is 392 g/mol. The van der Waals surface area contributed by atoms with Crippen LogP contribution in [0.2, 0.25) is 0 Å². The minimum absolute atomic E-state index is 0.0547. The van der Waals surface area contributed by atoms with Gasteiger partial charge >= 0.3 is 0 Å². The Hall–Kier alpha value is -2.00. The fraction of sp³-hybridized carbons (Fsp3) is 0.444. The number of methoxy groups -OCH3 is 2. The van der Waals surface area contributed by atoms with E-state index in [1.807, 2.05) is 6.07 Å². The van der Waals surface area contributed by atoms with Crippen LogP contribution in [0, 0.1) is 11.3 Å². The Morgan fingerprint density at radius 2 is 2.00 bits per heavy atom. The molecule has 1 aromatic carbocycles. The molecule has 1 saturated carbocycles. The van der Waals surface area contributed by atoms with E-state index in [1.54, 1.807) is 19.2 Å². The van der Waals surface area contributed by atoms with E-state index in [4.69, 9.17) is 9.47 Å². The lowest BCUT2D eigenvalue weighted by atomic mass is 9.95. The highest BCUT2D eigenvalue weighted by molar-refractivity contribution is 9.10. The van der Waals surface area contributed by atoms with Crippen LogP contribution in [0.1, 0.15) is 37.7 Å². The molecule has 0 radical (unpaired) electrons. The first-order valence-electron chi connectivity index (χ1n) is 7.93. The van der Waals surface area contributed by atoms with Crippen LogP contribution in [-0.4, -0.2) is 26.2 Å². The molecule has 0 heterocycles. The van der Waals surface area contributed by atoms with Gasteiger partial charge in [-0.1, -0.05) is 35.2 Å². The second-order valence-corrected chi connectivity index (χ2v) is 6.62. The molecular formula is C18H21BrN2O3. The van der Waals surface area contributed by atoms with E-state index in [1.165, 1.54) is 19.6 Å². The third kappa shape index (κ3) is 4.51. The molecule has 128 valence electrons. The Kier molecular flexibility index (Phi) is 6.68. The summed E-state index contributed by atoms with van der Waals surface area (Å²) >= 11 is 3.40. The molecule has 0 aliphatic heterocycles. The van der Waals surface area contributed by atoms with Gasteiger partial charge in [0.15, 0.2) is 11.5 Å². The molecule has 0 bridgehead atoms. The Labute approximate surface area is 150 Å². The molecule has 2 rings (SSSR count). The number of benzene rings is 1. The van der Waals surface area contributed by atoms with Gasteiger partial charge in [-0.25, -0.2) is 0 Å². The SMILES string of the molecule is COc1cc(Br)cc(/C=C(\C#N)C(=O)NC2CCCCC2)c1OC. The van der Waals surface area contributed by atoms with E-state index in [0.717, 1.165) is 30.2 Å². The van der Waals surface area contributed by atoms with Gasteiger partial charge in [-0.05, 0) is 31.1 Å². The predicted octanol–water partition coefficient (Wildman–Crippen LogP) is 3.82. The Morgan fingerprint density at radius 1 is 1.29 bits per heavy atom. The highest BCUT2D eigenvalue weighted by Gasteiger charge is 2.19. The van der Waals surface area contributed by atoms with Crippen molar-refractivity contribution in [3.8, 4) is 17.6 Å². The average molecular weight is 393 g/mol. The number of nitriles is 1. The molecule has 1 aliphatic carbocycles. The Bertz CT molecular complexity index is 674. The van der Waals surface area contributed by atoms with Crippen molar-refractivity contribution in [2.45, 2.75) is 38.1 Å². The fourth-order valence-electron chi connectivity index (χ4n) is 2.88. The number of hydrogen-bond acceptors (Lipinski definition) is 4. The molecule has 6 heteroatoms. The molecule has 1 amide bonds. The van der Waals surface area contributed by atoms with Gasteiger partial charge in [0.1, 0.15) is 11.6 Å². The normalized spacial score (nSPS) is 15.5. The number of nitrogens with zero attached hydrogens (tertiary/aromatic N) is 1. The van der Waals surface area contributed by atoms with Gasteiger partial charge in [0, 0.05) is 16.1 Å². The summed E-state index contributed by atoms with van der Waals surface area (Å²) in [4.78, 5) is 12.4. The molecule has 1 N–H and O–H groups in total. The van der Waals surface area contributed by atoms with Crippen LogP contribution in [0.4, 0.5) is 0 Å². The number of hydrogen-bond donors (Lipinski definition) is 1. The van der Waals surface area contributed by atoms with Crippen LogP contribution in [0.25, 0.3) is 6.08 Å². The van der Waals surface area contributed by atoms with Gasteiger partial charge in [0.2, 0.25) is 0 Å². The molecule has 24 heavy (non-hydrogen) atoms. The molecule has 1 aromatic rings. The van der Waals surface area contributed by atoms with Crippen LogP contribution in [-0.2, 0) is 4.79 Å². The van der Waals surface area contributed by atoms with Crippen LogP contribution >= 0.6 is 15.9 Å². The zero-order valence-corrected chi connectivity index (χ0v) is 15.5. The maximum atomic E-state index is 12.4. The number of halogens is 1. The minimum Gasteiger partial charge on any atom is -0.493 e. The summed E-state index contributed by atoms with van der Waals surface area (Å²) in [7, 11) is 3.07. The molecule has 1 fully saturated rings.